The van der Waals surface area contributed by atoms with Gasteiger partial charge in [-0.05, 0) is 0 Å². The van der Waals surface area contributed by atoms with Crippen LogP contribution < -0.4 is 5.32 Å². The van der Waals surface area contributed by atoms with Crippen molar-refractivity contribution in [3.05, 3.63) is 53.9 Å². The number of Topliss-reactive ketones (excluding diaryl/α,β-unsaturated/α-hetero) is 1. The Bertz CT molecular complexity index is 506. The van der Waals surface area contributed by atoms with Gasteiger partial charge in [0.25, 0.3) is 5.91 Å². The molecule has 0 saturated carbocycles. The predicted octanol–water partition coefficient (Wildman–Crippen LogP) is 1.02. The van der Waals surface area contributed by atoms with Gasteiger partial charge in [0.05, 0.1) is 18.3 Å². The van der Waals surface area contributed by atoms with Gasteiger partial charge < -0.3 is 5.32 Å². The Balaban J connectivity index is 1.91. The van der Waals surface area contributed by atoms with E-state index < -0.39 is 0 Å². The normalized spacial score (nSPS) is 9.88. The molecule has 17 heavy (non-hydrogen) atoms. The molecule has 0 spiro atoms. The molecule has 1 heterocycles. The van der Waals surface area contributed by atoms with E-state index in [2.05, 4.69) is 15.5 Å². The lowest BCUT2D eigenvalue weighted by atomic mass is 10.1. The minimum atomic E-state index is -0.317. The number of hydrogen-bond acceptors (Lipinski definition) is 3. The fourth-order valence-electron chi connectivity index (χ4n) is 1.36. The van der Waals surface area contributed by atoms with E-state index in [1.807, 2.05) is 6.07 Å². The minimum absolute atomic E-state index is 0.0198. The van der Waals surface area contributed by atoms with Crippen LogP contribution in [0.4, 0.5) is 0 Å². The second-order valence-corrected chi connectivity index (χ2v) is 3.46. The third-order valence-corrected chi connectivity index (χ3v) is 2.27. The summed E-state index contributed by atoms with van der Waals surface area (Å²) in [5, 5.41) is 8.73. The molecule has 2 N–H and O–H groups in total. The molecular formula is C12H11N3O2. The van der Waals surface area contributed by atoms with Gasteiger partial charge in [0.2, 0.25) is 0 Å². The second kappa shape index (κ2) is 5.07. The second-order valence-electron chi connectivity index (χ2n) is 3.46. The number of carbonyl (C=O) groups is 2. The largest absolute Gasteiger partial charge is 0.344 e. The molecule has 0 bridgehead atoms. The molecule has 2 rings (SSSR count). The van der Waals surface area contributed by atoms with Crippen LogP contribution >= 0.6 is 0 Å². The van der Waals surface area contributed by atoms with E-state index in [0.717, 1.165) is 0 Å². The number of rotatable bonds is 4. The third-order valence-electron chi connectivity index (χ3n) is 2.27. The van der Waals surface area contributed by atoms with Crippen molar-refractivity contribution in [3.8, 4) is 0 Å². The van der Waals surface area contributed by atoms with Gasteiger partial charge in [0, 0.05) is 11.8 Å². The molecule has 0 unspecified atom stereocenters. The van der Waals surface area contributed by atoms with Gasteiger partial charge in [-0.3, -0.25) is 14.7 Å². The first-order valence-electron chi connectivity index (χ1n) is 5.12. The van der Waals surface area contributed by atoms with Crippen molar-refractivity contribution in [2.75, 3.05) is 6.54 Å². The lowest BCUT2D eigenvalue weighted by molar-refractivity contribution is 0.0904. The van der Waals surface area contributed by atoms with E-state index in [1.165, 1.54) is 12.4 Å². The Labute approximate surface area is 97.9 Å². The highest BCUT2D eigenvalue weighted by Crippen LogP contribution is 1.99. The van der Waals surface area contributed by atoms with Crippen molar-refractivity contribution < 1.29 is 9.59 Å². The Morgan fingerprint density at radius 2 is 1.94 bits per heavy atom. The van der Waals surface area contributed by atoms with E-state index in [1.54, 1.807) is 24.3 Å². The van der Waals surface area contributed by atoms with Gasteiger partial charge in [-0.15, -0.1) is 0 Å². The summed E-state index contributed by atoms with van der Waals surface area (Å²) in [5.74, 6) is -0.439. The number of benzene rings is 1. The average Bonchev–Trinajstić information content (AvgIpc) is 2.90. The average molecular weight is 229 g/mol. The predicted molar refractivity (Wildman–Crippen MR) is 61.7 cm³/mol. The van der Waals surface area contributed by atoms with Crippen molar-refractivity contribution in [3.63, 3.8) is 0 Å². The maximum Gasteiger partial charge on any atom is 0.254 e. The van der Waals surface area contributed by atoms with E-state index >= 15 is 0 Å². The van der Waals surface area contributed by atoms with Crippen molar-refractivity contribution in [1.29, 1.82) is 0 Å². The molecule has 0 fully saturated rings. The van der Waals surface area contributed by atoms with Crippen LogP contribution in [0, 0.1) is 0 Å². The third kappa shape index (κ3) is 2.78. The van der Waals surface area contributed by atoms with Gasteiger partial charge in [-0.25, -0.2) is 0 Å². The van der Waals surface area contributed by atoms with E-state index in [-0.39, 0.29) is 18.2 Å². The highest BCUT2D eigenvalue weighted by atomic mass is 16.2. The van der Waals surface area contributed by atoms with Crippen LogP contribution in [0.5, 0.6) is 0 Å². The molecule has 0 aliphatic rings. The summed E-state index contributed by atoms with van der Waals surface area (Å²) in [6.07, 6.45) is 2.88. The number of aromatic amines is 1. The molecule has 86 valence electrons. The molecule has 0 aliphatic heterocycles. The lowest BCUT2D eigenvalue weighted by Gasteiger charge is -2.02. The Kier molecular flexibility index (Phi) is 3.30. The van der Waals surface area contributed by atoms with Crippen LogP contribution in [0.3, 0.4) is 0 Å². The standard InChI is InChI=1S/C12H11N3O2/c16-11(9-4-2-1-3-5-9)8-13-12(17)10-6-14-15-7-10/h1-7H,8H2,(H,13,17)(H,14,15). The monoisotopic (exact) mass is 229 g/mol. The first-order chi connectivity index (χ1) is 8.27. The van der Waals surface area contributed by atoms with Crippen molar-refractivity contribution in [2.45, 2.75) is 0 Å². The molecular weight excluding hydrogens is 218 g/mol. The van der Waals surface area contributed by atoms with Gasteiger partial charge in [-0.1, -0.05) is 30.3 Å². The summed E-state index contributed by atoms with van der Waals surface area (Å²) in [4.78, 5) is 23.2. The fraction of sp³-hybridized carbons (Fsp3) is 0.0833. The summed E-state index contributed by atoms with van der Waals surface area (Å²) in [6, 6.07) is 8.83. The summed E-state index contributed by atoms with van der Waals surface area (Å²) in [7, 11) is 0. The van der Waals surface area contributed by atoms with Gasteiger partial charge >= 0.3 is 0 Å². The molecule has 1 amide bonds. The molecule has 0 radical (unpaired) electrons. The van der Waals surface area contributed by atoms with Crippen LogP contribution in [0.1, 0.15) is 20.7 Å². The molecule has 1 aromatic carbocycles. The van der Waals surface area contributed by atoms with Crippen LogP contribution in [0.2, 0.25) is 0 Å². The number of amides is 1. The van der Waals surface area contributed by atoms with Gasteiger partial charge in [-0.2, -0.15) is 5.10 Å². The quantitative estimate of drug-likeness (QED) is 0.769. The lowest BCUT2D eigenvalue weighted by Crippen LogP contribution is -2.29. The van der Waals surface area contributed by atoms with Crippen LogP contribution in [0.25, 0.3) is 0 Å². The summed E-state index contributed by atoms with van der Waals surface area (Å²) in [6.45, 7) is -0.0198. The van der Waals surface area contributed by atoms with Gasteiger partial charge in [0.1, 0.15) is 0 Å². The number of nitrogens with one attached hydrogen (secondary N) is 2. The number of nitrogens with zero attached hydrogens (tertiary/aromatic N) is 1. The minimum Gasteiger partial charge on any atom is -0.344 e. The molecule has 0 aliphatic carbocycles. The van der Waals surface area contributed by atoms with Crippen molar-refractivity contribution >= 4 is 11.7 Å². The smallest absolute Gasteiger partial charge is 0.254 e. The highest BCUT2D eigenvalue weighted by molar-refractivity contribution is 6.01. The number of aromatic nitrogens is 2. The fourth-order valence-corrected chi connectivity index (χ4v) is 1.36. The van der Waals surface area contributed by atoms with Crippen LogP contribution in [-0.2, 0) is 0 Å². The number of H-pyrrole nitrogens is 1. The van der Waals surface area contributed by atoms with Crippen LogP contribution in [0.15, 0.2) is 42.7 Å². The number of hydrogen-bond donors (Lipinski definition) is 2. The SMILES string of the molecule is O=C(CNC(=O)c1cn[nH]c1)c1ccccc1. The topological polar surface area (TPSA) is 74.8 Å². The Morgan fingerprint density at radius 3 is 2.59 bits per heavy atom. The van der Waals surface area contributed by atoms with E-state index in [9.17, 15) is 9.59 Å². The summed E-state index contributed by atoms with van der Waals surface area (Å²) < 4.78 is 0. The highest BCUT2D eigenvalue weighted by Gasteiger charge is 2.09. The van der Waals surface area contributed by atoms with Crippen molar-refractivity contribution in [2.24, 2.45) is 0 Å². The molecule has 1 aromatic heterocycles. The molecule has 5 heteroatoms. The van der Waals surface area contributed by atoms with Gasteiger partial charge in [0.15, 0.2) is 5.78 Å². The molecule has 0 saturated heterocycles. The zero-order chi connectivity index (χ0) is 12.1. The zero-order valence-electron chi connectivity index (χ0n) is 9.01. The zero-order valence-corrected chi connectivity index (χ0v) is 9.01. The first-order valence-corrected chi connectivity index (χ1v) is 5.12. The van der Waals surface area contributed by atoms with E-state index in [4.69, 9.17) is 0 Å². The maximum atomic E-state index is 11.7. The Hall–Kier alpha value is -2.43. The molecule has 0 atom stereocenters. The molecule has 5 nitrogen and oxygen atoms in total. The van der Waals surface area contributed by atoms with Crippen molar-refractivity contribution in [1.82, 2.24) is 15.5 Å². The maximum absolute atomic E-state index is 11.7. The Morgan fingerprint density at radius 1 is 1.18 bits per heavy atom. The number of carbonyl (C=O) groups excluding carboxylic acids is 2. The molecule has 2 aromatic rings. The van der Waals surface area contributed by atoms with Crippen LogP contribution in [-0.4, -0.2) is 28.4 Å². The summed E-state index contributed by atoms with van der Waals surface area (Å²) >= 11 is 0. The summed E-state index contributed by atoms with van der Waals surface area (Å²) in [5.41, 5.74) is 0.992. The number of ketones is 1. The van der Waals surface area contributed by atoms with E-state index in [0.29, 0.717) is 11.1 Å². The first kappa shape index (κ1) is 11.1.